The third-order valence-electron chi connectivity index (χ3n) is 4.95. The maximum Gasteiger partial charge on any atom is 0.417 e. The van der Waals surface area contributed by atoms with Gasteiger partial charge in [0.05, 0.1) is 22.0 Å². The summed E-state index contributed by atoms with van der Waals surface area (Å²) in [6.45, 7) is 3.84. The van der Waals surface area contributed by atoms with E-state index in [9.17, 15) is 23.1 Å². The van der Waals surface area contributed by atoms with Crippen molar-refractivity contribution in [2.24, 2.45) is 0 Å². The van der Waals surface area contributed by atoms with E-state index >= 15 is 0 Å². The predicted octanol–water partition coefficient (Wildman–Crippen LogP) is 8.78. The summed E-state index contributed by atoms with van der Waals surface area (Å²) in [4.78, 5) is 18.1. The fraction of sp³-hybridized carbons (Fsp3) is 0.167. The molecule has 0 spiro atoms. The molecule has 10 heteroatoms. The number of anilines is 2. The number of rotatable bonds is 6. The summed E-state index contributed by atoms with van der Waals surface area (Å²) in [6.07, 6.45) is -4.59. The van der Waals surface area contributed by atoms with Gasteiger partial charge in [-0.15, -0.1) is 22.7 Å². The Balaban J connectivity index is 1.75. The molecule has 0 radical (unpaired) electrons. The van der Waals surface area contributed by atoms with E-state index < -0.39 is 17.7 Å². The normalized spacial score (nSPS) is 11.7. The molecule has 2 heterocycles. The molecule has 0 aliphatic heterocycles. The SMILES string of the molecule is CC(C)c1sc(Nc2cc(-c3ccccc3)sc2C(=O)O)nc1-c1ccc(Cl)c(C(F)(F)F)c1. The first-order chi connectivity index (χ1) is 16.0. The highest BCUT2D eigenvalue weighted by molar-refractivity contribution is 7.18. The Kier molecular flexibility index (Phi) is 6.71. The van der Waals surface area contributed by atoms with Gasteiger partial charge in [0.25, 0.3) is 0 Å². The summed E-state index contributed by atoms with van der Waals surface area (Å²) >= 11 is 8.19. The van der Waals surface area contributed by atoms with Crippen molar-refractivity contribution in [1.82, 2.24) is 4.98 Å². The number of hydrogen-bond donors (Lipinski definition) is 2. The first kappa shape index (κ1) is 24.3. The molecular formula is C24H18ClF3N2O2S2. The summed E-state index contributed by atoms with van der Waals surface area (Å²) in [5, 5.41) is 12.8. The van der Waals surface area contributed by atoms with Crippen LogP contribution in [0.3, 0.4) is 0 Å². The quantitative estimate of drug-likeness (QED) is 0.265. The van der Waals surface area contributed by atoms with Crippen molar-refractivity contribution >= 4 is 51.1 Å². The molecular weight excluding hydrogens is 505 g/mol. The van der Waals surface area contributed by atoms with Gasteiger partial charge in [0.1, 0.15) is 4.88 Å². The minimum atomic E-state index is -4.59. The molecule has 0 saturated carbocycles. The van der Waals surface area contributed by atoms with E-state index in [1.807, 2.05) is 44.2 Å². The molecule has 0 fully saturated rings. The Morgan fingerprint density at radius 2 is 1.76 bits per heavy atom. The lowest BCUT2D eigenvalue weighted by molar-refractivity contribution is -0.137. The lowest BCUT2D eigenvalue weighted by Gasteiger charge is -2.11. The Hall–Kier alpha value is -2.88. The zero-order valence-corrected chi connectivity index (χ0v) is 20.3. The number of alkyl halides is 3. The van der Waals surface area contributed by atoms with Crippen molar-refractivity contribution in [3.05, 3.63) is 74.9 Å². The monoisotopic (exact) mass is 522 g/mol. The fourth-order valence-corrected chi connectivity index (χ4v) is 5.56. The van der Waals surface area contributed by atoms with E-state index in [0.717, 1.165) is 32.7 Å². The molecule has 0 unspecified atom stereocenters. The number of aromatic carboxylic acids is 1. The number of carboxylic acid groups (broad SMARTS) is 1. The van der Waals surface area contributed by atoms with Crippen molar-refractivity contribution in [2.45, 2.75) is 25.9 Å². The largest absolute Gasteiger partial charge is 0.477 e. The zero-order chi connectivity index (χ0) is 24.6. The molecule has 2 aromatic carbocycles. The van der Waals surface area contributed by atoms with Crippen LogP contribution in [0.5, 0.6) is 0 Å². The molecule has 0 amide bonds. The summed E-state index contributed by atoms with van der Waals surface area (Å²) < 4.78 is 40.2. The van der Waals surface area contributed by atoms with Gasteiger partial charge in [-0.05, 0) is 29.7 Å². The van der Waals surface area contributed by atoms with E-state index in [-0.39, 0.29) is 15.8 Å². The first-order valence-corrected chi connectivity index (χ1v) is 12.1. The maximum atomic E-state index is 13.4. The van der Waals surface area contributed by atoms with E-state index in [1.54, 1.807) is 6.07 Å². The molecule has 2 N–H and O–H groups in total. The lowest BCUT2D eigenvalue weighted by Crippen LogP contribution is -2.06. The number of aromatic nitrogens is 1. The number of thiophene rings is 1. The molecule has 34 heavy (non-hydrogen) atoms. The minimum absolute atomic E-state index is 0.0191. The molecule has 176 valence electrons. The van der Waals surface area contributed by atoms with Crippen LogP contribution in [0, 0.1) is 0 Å². The van der Waals surface area contributed by atoms with E-state index in [4.69, 9.17) is 11.6 Å². The summed E-state index contributed by atoms with van der Waals surface area (Å²) in [7, 11) is 0. The van der Waals surface area contributed by atoms with Gasteiger partial charge in [0.2, 0.25) is 0 Å². The molecule has 0 atom stereocenters. The van der Waals surface area contributed by atoms with Gasteiger partial charge in [0, 0.05) is 15.3 Å². The first-order valence-electron chi connectivity index (χ1n) is 10.1. The van der Waals surface area contributed by atoms with E-state index in [0.29, 0.717) is 22.1 Å². The van der Waals surface area contributed by atoms with Gasteiger partial charge >= 0.3 is 12.1 Å². The van der Waals surface area contributed by atoms with Crippen molar-refractivity contribution in [3.63, 3.8) is 0 Å². The number of carboxylic acids is 1. The third kappa shape index (κ3) is 4.96. The Morgan fingerprint density at radius 3 is 2.38 bits per heavy atom. The van der Waals surface area contributed by atoms with Crippen molar-refractivity contribution in [3.8, 4) is 21.7 Å². The summed E-state index contributed by atoms with van der Waals surface area (Å²) in [6, 6.07) is 14.8. The second-order valence-corrected chi connectivity index (χ2v) is 10.2. The van der Waals surface area contributed by atoms with E-state index in [1.165, 1.54) is 23.5 Å². The number of benzene rings is 2. The van der Waals surface area contributed by atoms with E-state index in [2.05, 4.69) is 10.3 Å². The molecule has 4 aromatic rings. The molecule has 0 aliphatic carbocycles. The van der Waals surface area contributed by atoms with Gasteiger partial charge in [-0.3, -0.25) is 0 Å². The minimum Gasteiger partial charge on any atom is -0.477 e. The van der Waals surface area contributed by atoms with Crippen LogP contribution in [-0.4, -0.2) is 16.1 Å². The second kappa shape index (κ2) is 9.40. The number of thiazole rings is 1. The molecule has 2 aromatic heterocycles. The standard InChI is InChI=1S/C24H18ClF3N2O2S2/c1-12(2)20-19(14-8-9-16(25)15(10-14)24(26,27)28)30-23(34-20)29-17-11-18(33-21(17)22(31)32)13-6-4-3-5-7-13/h3-12H,1-2H3,(H,29,30)(H,31,32). The lowest BCUT2D eigenvalue weighted by atomic mass is 10.0. The van der Waals surface area contributed by atoms with Gasteiger partial charge in [-0.2, -0.15) is 13.2 Å². The number of nitrogens with one attached hydrogen (secondary N) is 1. The highest BCUT2D eigenvalue weighted by Crippen LogP contribution is 2.43. The summed E-state index contributed by atoms with van der Waals surface area (Å²) in [5.41, 5.74) is 1.02. The Bertz CT molecular complexity index is 1350. The van der Waals surface area contributed by atoms with Crippen LogP contribution in [0.4, 0.5) is 24.0 Å². The Labute approximate surface area is 206 Å². The maximum absolute atomic E-state index is 13.4. The number of halogens is 4. The van der Waals surface area contributed by atoms with Gasteiger partial charge < -0.3 is 10.4 Å². The highest BCUT2D eigenvalue weighted by Gasteiger charge is 2.34. The molecule has 0 aliphatic rings. The smallest absolute Gasteiger partial charge is 0.417 e. The zero-order valence-electron chi connectivity index (χ0n) is 17.9. The molecule has 4 rings (SSSR count). The highest BCUT2D eigenvalue weighted by atomic mass is 35.5. The van der Waals surface area contributed by atoms with Crippen molar-refractivity contribution in [2.75, 3.05) is 5.32 Å². The molecule has 0 saturated heterocycles. The van der Waals surface area contributed by atoms with Gasteiger partial charge in [-0.25, -0.2) is 9.78 Å². The van der Waals surface area contributed by atoms with Crippen LogP contribution in [0.25, 0.3) is 21.7 Å². The second-order valence-electron chi connectivity index (χ2n) is 7.73. The van der Waals surface area contributed by atoms with Crippen molar-refractivity contribution < 1.29 is 23.1 Å². The van der Waals surface area contributed by atoms with Gasteiger partial charge in [-0.1, -0.05) is 61.8 Å². The van der Waals surface area contributed by atoms with Crippen LogP contribution in [0.15, 0.2) is 54.6 Å². The average molecular weight is 523 g/mol. The number of nitrogens with zero attached hydrogens (tertiary/aromatic N) is 1. The summed E-state index contributed by atoms with van der Waals surface area (Å²) in [5.74, 6) is -1.10. The van der Waals surface area contributed by atoms with Crippen LogP contribution >= 0.6 is 34.3 Å². The van der Waals surface area contributed by atoms with Crippen LogP contribution < -0.4 is 5.32 Å². The molecule has 0 bridgehead atoms. The fourth-order valence-electron chi connectivity index (χ4n) is 3.38. The van der Waals surface area contributed by atoms with Crippen LogP contribution in [0.1, 0.15) is 39.9 Å². The predicted molar refractivity (Wildman–Crippen MR) is 132 cm³/mol. The Morgan fingerprint density at radius 1 is 1.06 bits per heavy atom. The average Bonchev–Trinajstić information content (AvgIpc) is 3.39. The number of carbonyl (C=O) groups is 1. The van der Waals surface area contributed by atoms with Crippen LogP contribution in [-0.2, 0) is 6.18 Å². The van der Waals surface area contributed by atoms with Crippen molar-refractivity contribution in [1.29, 1.82) is 0 Å². The topological polar surface area (TPSA) is 62.2 Å². The third-order valence-corrected chi connectivity index (χ3v) is 7.72. The molecule has 4 nitrogen and oxygen atoms in total. The number of hydrogen-bond acceptors (Lipinski definition) is 5. The van der Waals surface area contributed by atoms with Gasteiger partial charge in [0.15, 0.2) is 5.13 Å². The van der Waals surface area contributed by atoms with Crippen LogP contribution in [0.2, 0.25) is 5.02 Å².